The van der Waals surface area contributed by atoms with Crippen molar-refractivity contribution in [2.45, 2.75) is 58.0 Å². The van der Waals surface area contributed by atoms with E-state index in [1.54, 1.807) is 12.7 Å². The highest BCUT2D eigenvalue weighted by atomic mass is 16.5. The van der Waals surface area contributed by atoms with E-state index in [0.29, 0.717) is 17.9 Å². The van der Waals surface area contributed by atoms with E-state index in [1.807, 2.05) is 0 Å². The van der Waals surface area contributed by atoms with Crippen LogP contribution in [0.3, 0.4) is 0 Å². The van der Waals surface area contributed by atoms with E-state index in [1.165, 1.54) is 43.2 Å². The van der Waals surface area contributed by atoms with Gasteiger partial charge in [-0.2, -0.15) is 0 Å². The fraction of sp³-hybridized carbons (Fsp3) is 0.536. The van der Waals surface area contributed by atoms with Crippen molar-refractivity contribution in [1.29, 1.82) is 0 Å². The Kier molecular flexibility index (Phi) is 4.45. The molecular weight excluding hydrogens is 382 g/mol. The van der Waals surface area contributed by atoms with Crippen LogP contribution in [0.5, 0.6) is 5.75 Å². The van der Waals surface area contributed by atoms with Crippen LogP contribution in [0.25, 0.3) is 0 Å². The zero-order chi connectivity index (χ0) is 21.2. The predicted octanol–water partition coefficient (Wildman–Crippen LogP) is 5.93. The van der Waals surface area contributed by atoms with Crippen LogP contribution in [0, 0.1) is 30.1 Å². The number of rotatable bonds is 2. The van der Waals surface area contributed by atoms with Gasteiger partial charge in [-0.05, 0) is 92.2 Å². The van der Waals surface area contributed by atoms with Crippen LogP contribution in [0.4, 0.5) is 0 Å². The number of aliphatic imine (C=N–C) groups is 1. The molecule has 2 aromatic rings. The molecule has 3 nitrogen and oxygen atoms in total. The fourth-order valence-corrected chi connectivity index (χ4v) is 7.43. The molecule has 1 heterocycles. The van der Waals surface area contributed by atoms with E-state index < -0.39 is 0 Å². The van der Waals surface area contributed by atoms with Gasteiger partial charge in [0.15, 0.2) is 0 Å². The fourth-order valence-electron chi connectivity index (χ4n) is 7.43. The van der Waals surface area contributed by atoms with Gasteiger partial charge in [0.25, 0.3) is 0 Å². The molecule has 4 aliphatic rings. The summed E-state index contributed by atoms with van der Waals surface area (Å²) in [4.78, 5) is 4.90. The van der Waals surface area contributed by atoms with Crippen molar-refractivity contribution in [3.05, 3.63) is 64.7 Å². The molecule has 0 saturated heterocycles. The first-order valence-electron chi connectivity index (χ1n) is 12.0. The van der Waals surface area contributed by atoms with E-state index in [4.69, 9.17) is 14.5 Å². The van der Waals surface area contributed by atoms with Crippen LogP contribution in [0.1, 0.15) is 60.8 Å². The number of hydrogen-bond acceptors (Lipinski definition) is 3. The maximum atomic E-state index is 6.72. The van der Waals surface area contributed by atoms with Gasteiger partial charge in [-0.25, -0.2) is 0 Å². The molecule has 1 aliphatic heterocycles. The van der Waals surface area contributed by atoms with Crippen molar-refractivity contribution in [2.75, 3.05) is 13.7 Å². The number of hydrogen-bond donors (Lipinski definition) is 0. The first-order valence-corrected chi connectivity index (χ1v) is 12.0. The standard InChI is InChI=1S/C28H33NO2/c1-17-4-6-18(7-5-17)27-29-16-20-15-25-24-10-8-19-14-21(30-3)9-11-22(19)23(24)12-13-28(25,2)26(20)31-27/h4-7,9,11,14,20,23-26H,8,10,12-13,15-16H2,1-3H3/t20-,23-,24-,25+,26+,28+/m1/s1. The molecular formula is C28H33NO2. The van der Waals surface area contributed by atoms with Crippen molar-refractivity contribution in [1.82, 2.24) is 0 Å². The van der Waals surface area contributed by atoms with E-state index >= 15 is 0 Å². The van der Waals surface area contributed by atoms with Gasteiger partial charge in [-0.15, -0.1) is 0 Å². The van der Waals surface area contributed by atoms with Crippen LogP contribution in [-0.4, -0.2) is 25.7 Å². The maximum Gasteiger partial charge on any atom is 0.216 e. The van der Waals surface area contributed by atoms with E-state index in [0.717, 1.165) is 35.6 Å². The molecule has 6 atom stereocenters. The third kappa shape index (κ3) is 2.96. The molecule has 0 aromatic heterocycles. The highest BCUT2D eigenvalue weighted by molar-refractivity contribution is 5.94. The molecule has 0 spiro atoms. The second-order valence-corrected chi connectivity index (χ2v) is 10.6. The van der Waals surface area contributed by atoms with E-state index in [2.05, 4.69) is 56.3 Å². The third-order valence-electron chi connectivity index (χ3n) is 9.01. The van der Waals surface area contributed by atoms with Gasteiger partial charge in [0.2, 0.25) is 5.90 Å². The van der Waals surface area contributed by atoms with Gasteiger partial charge >= 0.3 is 0 Å². The van der Waals surface area contributed by atoms with Gasteiger partial charge in [0.1, 0.15) is 11.9 Å². The summed E-state index contributed by atoms with van der Waals surface area (Å²) in [5, 5.41) is 0. The van der Waals surface area contributed by atoms with Crippen LogP contribution < -0.4 is 4.74 Å². The van der Waals surface area contributed by atoms with Crippen LogP contribution in [-0.2, 0) is 11.2 Å². The molecule has 0 radical (unpaired) electrons. The first-order chi connectivity index (χ1) is 15.1. The Balaban J connectivity index is 1.27. The lowest BCUT2D eigenvalue weighted by atomic mass is 9.55. The summed E-state index contributed by atoms with van der Waals surface area (Å²) in [7, 11) is 1.77. The maximum absolute atomic E-state index is 6.72. The molecule has 0 N–H and O–H groups in total. The van der Waals surface area contributed by atoms with Crippen molar-refractivity contribution in [2.24, 2.45) is 28.2 Å². The Labute approximate surface area is 185 Å². The van der Waals surface area contributed by atoms with Crippen molar-refractivity contribution in [3.8, 4) is 5.75 Å². The summed E-state index contributed by atoms with van der Waals surface area (Å²) in [6, 6.07) is 15.4. The number of nitrogens with zero attached hydrogens (tertiary/aromatic N) is 1. The number of methoxy groups -OCH3 is 1. The lowest BCUT2D eigenvalue weighted by Crippen LogP contribution is -2.47. The van der Waals surface area contributed by atoms with Gasteiger partial charge in [0.05, 0.1) is 7.11 Å². The SMILES string of the molecule is COc1ccc2c(c1)CC[C@@H]1[C@@H]2CC[C@@]2(C)[C@H]1C[C@@H]1CN=C(c3ccc(C)cc3)O[C@@H]12. The summed E-state index contributed by atoms with van der Waals surface area (Å²) in [5.41, 5.74) is 5.78. The number of fused-ring (bicyclic) bond motifs is 7. The van der Waals surface area contributed by atoms with Gasteiger partial charge in [-0.3, -0.25) is 4.99 Å². The predicted molar refractivity (Wildman–Crippen MR) is 124 cm³/mol. The normalized spacial score (nSPS) is 35.7. The molecule has 31 heavy (non-hydrogen) atoms. The Morgan fingerprint density at radius 2 is 1.94 bits per heavy atom. The first kappa shape index (κ1) is 19.4. The molecule has 2 fully saturated rings. The second-order valence-electron chi connectivity index (χ2n) is 10.6. The lowest BCUT2D eigenvalue weighted by Gasteiger charge is -2.50. The molecule has 3 aliphatic carbocycles. The molecule has 6 rings (SSSR count). The molecule has 0 unspecified atom stereocenters. The summed E-state index contributed by atoms with van der Waals surface area (Å²) in [5.74, 6) is 4.65. The van der Waals surface area contributed by atoms with Gasteiger partial charge in [-0.1, -0.05) is 30.7 Å². The molecule has 2 saturated carbocycles. The summed E-state index contributed by atoms with van der Waals surface area (Å²) >= 11 is 0. The molecule has 2 aromatic carbocycles. The highest BCUT2D eigenvalue weighted by Gasteiger charge is 2.60. The quantitative estimate of drug-likeness (QED) is 0.608. The van der Waals surface area contributed by atoms with E-state index in [-0.39, 0.29) is 5.41 Å². The minimum absolute atomic E-state index is 0.266. The Morgan fingerprint density at radius 1 is 1.10 bits per heavy atom. The summed E-state index contributed by atoms with van der Waals surface area (Å²) in [6.45, 7) is 5.58. The van der Waals surface area contributed by atoms with Crippen molar-refractivity contribution >= 4 is 5.90 Å². The van der Waals surface area contributed by atoms with Crippen molar-refractivity contribution in [3.63, 3.8) is 0 Å². The average molecular weight is 416 g/mol. The summed E-state index contributed by atoms with van der Waals surface area (Å²) in [6.07, 6.45) is 6.60. The molecule has 0 amide bonds. The second kappa shape index (κ2) is 7.12. The monoisotopic (exact) mass is 415 g/mol. The zero-order valence-electron chi connectivity index (χ0n) is 18.9. The largest absolute Gasteiger partial charge is 0.497 e. The molecule has 3 heteroatoms. The number of ether oxygens (including phenoxy) is 2. The smallest absolute Gasteiger partial charge is 0.216 e. The zero-order valence-corrected chi connectivity index (χ0v) is 18.9. The molecule has 162 valence electrons. The van der Waals surface area contributed by atoms with Crippen LogP contribution in [0.2, 0.25) is 0 Å². The van der Waals surface area contributed by atoms with E-state index in [9.17, 15) is 0 Å². The molecule has 0 bridgehead atoms. The Morgan fingerprint density at radius 3 is 2.74 bits per heavy atom. The lowest BCUT2D eigenvalue weighted by molar-refractivity contribution is -0.0278. The minimum atomic E-state index is 0.266. The van der Waals surface area contributed by atoms with Crippen molar-refractivity contribution < 1.29 is 9.47 Å². The third-order valence-corrected chi connectivity index (χ3v) is 9.01. The number of aryl methyl sites for hydroxylation is 2. The Hall–Kier alpha value is -2.29. The topological polar surface area (TPSA) is 30.8 Å². The summed E-state index contributed by atoms with van der Waals surface area (Å²) < 4.78 is 12.2. The Bertz CT molecular complexity index is 1030. The van der Waals surface area contributed by atoms with Crippen LogP contribution >= 0.6 is 0 Å². The minimum Gasteiger partial charge on any atom is -0.497 e. The van der Waals surface area contributed by atoms with Gasteiger partial charge < -0.3 is 9.47 Å². The average Bonchev–Trinajstić information content (AvgIpc) is 3.11. The van der Waals surface area contributed by atoms with Gasteiger partial charge in [0, 0.05) is 23.4 Å². The highest BCUT2D eigenvalue weighted by Crippen LogP contribution is 2.63. The number of benzene rings is 2. The van der Waals surface area contributed by atoms with Crippen LogP contribution in [0.15, 0.2) is 47.5 Å².